The molecule has 1 saturated carbocycles. The maximum Gasteiger partial charge on any atom is 0.238 e. The van der Waals surface area contributed by atoms with Crippen LogP contribution in [-0.2, 0) is 9.53 Å². The molecule has 0 unspecified atom stereocenters. The van der Waals surface area contributed by atoms with Gasteiger partial charge in [-0.3, -0.25) is 9.69 Å². The van der Waals surface area contributed by atoms with Crippen LogP contribution in [0.25, 0.3) is 0 Å². The van der Waals surface area contributed by atoms with E-state index in [9.17, 15) is 4.79 Å². The van der Waals surface area contributed by atoms with Crippen LogP contribution in [0.1, 0.15) is 32.1 Å². The molecule has 4 rings (SSSR count). The Balaban J connectivity index is 0.00000225. The van der Waals surface area contributed by atoms with Crippen LogP contribution >= 0.6 is 12.4 Å². The van der Waals surface area contributed by atoms with E-state index in [2.05, 4.69) is 15.1 Å². The van der Waals surface area contributed by atoms with Gasteiger partial charge in [0.15, 0.2) is 0 Å². The second kappa shape index (κ2) is 10.4. The molecule has 2 heterocycles. The lowest BCUT2D eigenvalue weighted by Gasteiger charge is -2.41. The van der Waals surface area contributed by atoms with Crippen molar-refractivity contribution in [3.05, 3.63) is 24.3 Å². The first-order valence-electron chi connectivity index (χ1n) is 10.4. The van der Waals surface area contributed by atoms with Gasteiger partial charge in [-0.15, -0.1) is 12.4 Å². The maximum absolute atomic E-state index is 12.2. The third-order valence-corrected chi connectivity index (χ3v) is 5.98. The molecule has 0 radical (unpaired) electrons. The van der Waals surface area contributed by atoms with Gasteiger partial charge in [0, 0.05) is 37.9 Å². The summed E-state index contributed by atoms with van der Waals surface area (Å²) in [5, 5.41) is 2.97. The number of likely N-dealkylation sites (tertiary alicyclic amines) is 1. The number of carbonyl (C=O) groups is 1. The summed E-state index contributed by atoms with van der Waals surface area (Å²) in [6.07, 6.45) is 6.68. The molecule has 2 saturated heterocycles. The first-order chi connectivity index (χ1) is 13.3. The zero-order chi connectivity index (χ0) is 18.5. The number of hydrogen-bond acceptors (Lipinski definition) is 5. The Morgan fingerprint density at radius 1 is 1.04 bits per heavy atom. The van der Waals surface area contributed by atoms with Crippen molar-refractivity contribution in [3.8, 4) is 5.75 Å². The smallest absolute Gasteiger partial charge is 0.238 e. The molecule has 0 atom stereocenters. The summed E-state index contributed by atoms with van der Waals surface area (Å²) in [5.41, 5.74) is 0.820. The third kappa shape index (κ3) is 5.83. The predicted molar refractivity (Wildman–Crippen MR) is 112 cm³/mol. The molecule has 156 valence electrons. The molecular weight excluding hydrogens is 378 g/mol. The van der Waals surface area contributed by atoms with E-state index in [-0.39, 0.29) is 18.3 Å². The van der Waals surface area contributed by atoms with Gasteiger partial charge < -0.3 is 19.7 Å². The fourth-order valence-electron chi connectivity index (χ4n) is 4.08. The number of anilines is 1. The van der Waals surface area contributed by atoms with Crippen molar-refractivity contribution in [2.75, 3.05) is 51.3 Å². The Hall–Kier alpha value is -1.34. The number of amides is 1. The lowest BCUT2D eigenvalue weighted by Crippen LogP contribution is -2.46. The van der Waals surface area contributed by atoms with Gasteiger partial charge in [0.25, 0.3) is 0 Å². The number of rotatable bonds is 6. The highest BCUT2D eigenvalue weighted by Gasteiger charge is 2.29. The molecule has 1 aromatic rings. The quantitative estimate of drug-likeness (QED) is 0.783. The molecule has 1 aliphatic carbocycles. The Kier molecular flexibility index (Phi) is 7.97. The van der Waals surface area contributed by atoms with Crippen molar-refractivity contribution in [2.24, 2.45) is 0 Å². The third-order valence-electron chi connectivity index (χ3n) is 5.98. The van der Waals surface area contributed by atoms with Crippen molar-refractivity contribution < 1.29 is 14.3 Å². The number of hydrogen-bond donors (Lipinski definition) is 1. The summed E-state index contributed by atoms with van der Waals surface area (Å²) in [6, 6.07) is 8.61. The molecule has 1 aromatic carbocycles. The topological polar surface area (TPSA) is 54.0 Å². The number of piperidine rings is 1. The van der Waals surface area contributed by atoms with E-state index < -0.39 is 0 Å². The van der Waals surface area contributed by atoms with E-state index in [4.69, 9.17) is 9.47 Å². The monoisotopic (exact) mass is 409 g/mol. The van der Waals surface area contributed by atoms with Gasteiger partial charge in [0.1, 0.15) is 11.9 Å². The van der Waals surface area contributed by atoms with Crippen LogP contribution < -0.4 is 10.1 Å². The van der Waals surface area contributed by atoms with Crippen LogP contribution in [0.4, 0.5) is 5.69 Å². The summed E-state index contributed by atoms with van der Waals surface area (Å²) >= 11 is 0. The molecule has 1 amide bonds. The Morgan fingerprint density at radius 2 is 1.71 bits per heavy atom. The number of nitrogens with zero attached hydrogens (tertiary/aromatic N) is 2. The summed E-state index contributed by atoms with van der Waals surface area (Å²) in [7, 11) is 0. The SMILES string of the molecule is Cl.O=C(CN1CCOCC1)Nc1ccc(OC2CCN(C3CCC3)CC2)cc1. The van der Waals surface area contributed by atoms with Gasteiger partial charge in [-0.1, -0.05) is 6.42 Å². The van der Waals surface area contributed by atoms with Crippen LogP contribution in [0.5, 0.6) is 5.75 Å². The fraction of sp³-hybridized carbons (Fsp3) is 0.667. The highest BCUT2D eigenvalue weighted by molar-refractivity contribution is 5.92. The molecule has 28 heavy (non-hydrogen) atoms. The molecule has 1 N–H and O–H groups in total. The van der Waals surface area contributed by atoms with Crippen LogP contribution in [0.15, 0.2) is 24.3 Å². The molecule has 0 aromatic heterocycles. The van der Waals surface area contributed by atoms with Crippen molar-refractivity contribution in [1.82, 2.24) is 9.80 Å². The minimum atomic E-state index is 0. The van der Waals surface area contributed by atoms with E-state index in [0.29, 0.717) is 25.9 Å². The number of halogens is 1. The van der Waals surface area contributed by atoms with E-state index in [1.165, 1.54) is 19.3 Å². The number of ether oxygens (including phenoxy) is 2. The number of nitrogens with one attached hydrogen (secondary N) is 1. The van der Waals surface area contributed by atoms with Gasteiger partial charge in [-0.2, -0.15) is 0 Å². The van der Waals surface area contributed by atoms with Crippen LogP contribution in [0.2, 0.25) is 0 Å². The van der Waals surface area contributed by atoms with Gasteiger partial charge in [-0.05, 0) is 49.9 Å². The van der Waals surface area contributed by atoms with Crippen LogP contribution in [0.3, 0.4) is 0 Å². The largest absolute Gasteiger partial charge is 0.490 e. The number of morpholine rings is 1. The summed E-state index contributed by atoms with van der Waals surface area (Å²) in [4.78, 5) is 16.9. The standard InChI is InChI=1S/C21H31N3O3.ClH/c25-21(16-23-12-14-26-15-13-23)22-17-4-6-19(7-5-17)27-20-8-10-24(11-9-20)18-2-1-3-18;/h4-7,18,20H,1-3,8-16H2,(H,22,25);1H. The van der Waals surface area contributed by atoms with E-state index in [0.717, 1.165) is 56.5 Å². The first kappa shape index (κ1) is 21.4. The molecule has 3 fully saturated rings. The highest BCUT2D eigenvalue weighted by atomic mass is 35.5. The van der Waals surface area contributed by atoms with E-state index in [1.54, 1.807) is 0 Å². The molecule has 0 spiro atoms. The summed E-state index contributed by atoms with van der Waals surface area (Å²) < 4.78 is 11.5. The molecule has 2 aliphatic heterocycles. The first-order valence-corrected chi connectivity index (χ1v) is 10.4. The molecule has 6 nitrogen and oxygen atoms in total. The van der Waals surface area contributed by atoms with Gasteiger partial charge >= 0.3 is 0 Å². The average molecular weight is 410 g/mol. The number of carbonyl (C=O) groups excluding carboxylic acids is 1. The Morgan fingerprint density at radius 3 is 2.32 bits per heavy atom. The molecular formula is C21H32ClN3O3. The van der Waals surface area contributed by atoms with Crippen LogP contribution in [-0.4, -0.2) is 73.8 Å². The van der Waals surface area contributed by atoms with Crippen molar-refractivity contribution in [2.45, 2.75) is 44.2 Å². The fourth-order valence-corrected chi connectivity index (χ4v) is 4.08. The van der Waals surface area contributed by atoms with Crippen LogP contribution in [0, 0.1) is 0 Å². The second-order valence-electron chi connectivity index (χ2n) is 7.90. The summed E-state index contributed by atoms with van der Waals surface area (Å²) in [6.45, 7) is 5.79. The highest BCUT2D eigenvalue weighted by Crippen LogP contribution is 2.28. The zero-order valence-electron chi connectivity index (χ0n) is 16.5. The van der Waals surface area contributed by atoms with Gasteiger partial charge in [0.05, 0.1) is 19.8 Å². The van der Waals surface area contributed by atoms with E-state index >= 15 is 0 Å². The van der Waals surface area contributed by atoms with Gasteiger partial charge in [0.2, 0.25) is 5.91 Å². The lowest BCUT2D eigenvalue weighted by atomic mass is 9.90. The maximum atomic E-state index is 12.2. The normalized spacial score (nSPS) is 22.1. The second-order valence-corrected chi connectivity index (χ2v) is 7.90. The predicted octanol–water partition coefficient (Wildman–Crippen LogP) is 2.77. The molecule has 0 bridgehead atoms. The average Bonchev–Trinajstić information content (AvgIpc) is 2.64. The minimum Gasteiger partial charge on any atom is -0.490 e. The van der Waals surface area contributed by atoms with Crippen molar-refractivity contribution in [1.29, 1.82) is 0 Å². The van der Waals surface area contributed by atoms with Crippen molar-refractivity contribution >= 4 is 24.0 Å². The zero-order valence-corrected chi connectivity index (χ0v) is 17.3. The Labute approximate surface area is 173 Å². The lowest BCUT2D eigenvalue weighted by molar-refractivity contribution is -0.118. The Bertz CT molecular complexity index is 610. The van der Waals surface area contributed by atoms with E-state index in [1.807, 2.05) is 24.3 Å². The van der Waals surface area contributed by atoms with Crippen molar-refractivity contribution in [3.63, 3.8) is 0 Å². The van der Waals surface area contributed by atoms with Gasteiger partial charge in [-0.25, -0.2) is 0 Å². The number of benzene rings is 1. The summed E-state index contributed by atoms with van der Waals surface area (Å²) in [5.74, 6) is 0.914. The molecule has 7 heteroatoms. The minimum absolute atomic E-state index is 0. The molecule has 3 aliphatic rings.